The van der Waals surface area contributed by atoms with E-state index < -0.39 is 5.97 Å². The molecule has 1 heterocycles. The maximum atomic E-state index is 12.4. The minimum atomic E-state index is -0.775. The van der Waals surface area contributed by atoms with E-state index in [1.165, 1.54) is 0 Å². The van der Waals surface area contributed by atoms with Crippen LogP contribution in [-0.4, -0.2) is 42.8 Å². The van der Waals surface area contributed by atoms with E-state index in [9.17, 15) is 9.59 Å². The lowest BCUT2D eigenvalue weighted by Gasteiger charge is -2.22. The second kappa shape index (κ2) is 10.8. The molecule has 0 saturated carbocycles. The second-order valence-electron chi connectivity index (χ2n) is 6.24. The molecule has 138 valence electrons. The number of carbonyl (C=O) groups is 2. The third-order valence-corrected chi connectivity index (χ3v) is 4.26. The maximum Gasteiger partial charge on any atom is 0.303 e. The Labute approximate surface area is 148 Å². The summed E-state index contributed by atoms with van der Waals surface area (Å²) in [7, 11) is 0. The Hall–Kier alpha value is -1.92. The van der Waals surface area contributed by atoms with E-state index in [1.54, 1.807) is 0 Å². The molecule has 0 bridgehead atoms. The average Bonchev–Trinajstić information content (AvgIpc) is 2.63. The molecule has 1 aromatic rings. The molecule has 0 spiro atoms. The molecular formula is C19H27NO5. The zero-order chi connectivity index (χ0) is 17.9. The van der Waals surface area contributed by atoms with Crippen LogP contribution in [0.15, 0.2) is 24.3 Å². The van der Waals surface area contributed by atoms with Crippen LogP contribution in [0, 0.1) is 0 Å². The predicted octanol–water partition coefficient (Wildman–Crippen LogP) is 2.76. The fourth-order valence-corrected chi connectivity index (χ4v) is 2.79. The number of amides is 1. The van der Waals surface area contributed by atoms with Gasteiger partial charge in [-0.15, -0.1) is 0 Å². The quantitative estimate of drug-likeness (QED) is 0.635. The Balaban J connectivity index is 1.75. The number of hydrogen-bond donors (Lipinski definition) is 2. The molecule has 2 N–H and O–H groups in total. The van der Waals surface area contributed by atoms with Crippen molar-refractivity contribution in [1.82, 2.24) is 5.32 Å². The molecule has 1 fully saturated rings. The number of aliphatic carboxylic acids is 1. The molecule has 0 aliphatic carbocycles. The van der Waals surface area contributed by atoms with Crippen molar-refractivity contribution in [2.24, 2.45) is 0 Å². The van der Waals surface area contributed by atoms with Crippen molar-refractivity contribution in [2.45, 2.75) is 51.2 Å². The number of carboxylic acid groups (broad SMARTS) is 1. The highest BCUT2D eigenvalue weighted by Crippen LogP contribution is 2.16. The zero-order valence-electron chi connectivity index (χ0n) is 14.5. The van der Waals surface area contributed by atoms with Gasteiger partial charge in [-0.3, -0.25) is 9.59 Å². The number of unbranched alkanes of at least 4 members (excludes halogenated alkanes) is 2. The van der Waals surface area contributed by atoms with Gasteiger partial charge in [-0.05, 0) is 37.3 Å². The van der Waals surface area contributed by atoms with Crippen molar-refractivity contribution in [1.29, 1.82) is 0 Å². The molecule has 1 saturated heterocycles. The topological polar surface area (TPSA) is 84.9 Å². The highest BCUT2D eigenvalue weighted by Gasteiger charge is 2.16. The first-order chi connectivity index (χ1) is 12.2. The normalized spacial score (nSPS) is 15.0. The largest absolute Gasteiger partial charge is 0.481 e. The van der Waals surface area contributed by atoms with Crippen LogP contribution in [0.1, 0.15) is 54.4 Å². The van der Waals surface area contributed by atoms with Gasteiger partial charge in [-0.2, -0.15) is 0 Å². The third-order valence-electron chi connectivity index (χ3n) is 4.26. The second-order valence-corrected chi connectivity index (χ2v) is 6.24. The Morgan fingerprint density at radius 1 is 1.16 bits per heavy atom. The number of ether oxygens (including phenoxy) is 2. The van der Waals surface area contributed by atoms with Crippen molar-refractivity contribution in [3.8, 4) is 0 Å². The lowest BCUT2D eigenvalue weighted by Crippen LogP contribution is -2.27. The van der Waals surface area contributed by atoms with E-state index in [4.69, 9.17) is 14.6 Å². The fourth-order valence-electron chi connectivity index (χ4n) is 2.79. The van der Waals surface area contributed by atoms with Gasteiger partial charge in [0.2, 0.25) is 0 Å². The third kappa shape index (κ3) is 7.23. The van der Waals surface area contributed by atoms with E-state index in [0.29, 0.717) is 25.1 Å². The van der Waals surface area contributed by atoms with Crippen LogP contribution in [0.5, 0.6) is 0 Å². The van der Waals surface area contributed by atoms with Crippen molar-refractivity contribution in [3.05, 3.63) is 35.4 Å². The van der Waals surface area contributed by atoms with Gasteiger partial charge >= 0.3 is 5.97 Å². The number of nitrogens with one attached hydrogen (secondary N) is 1. The minimum Gasteiger partial charge on any atom is -0.481 e. The SMILES string of the molecule is O=C(O)CCCCCNC(=O)c1ccccc1COC1CCOCC1. The Morgan fingerprint density at radius 3 is 2.68 bits per heavy atom. The summed E-state index contributed by atoms with van der Waals surface area (Å²) in [6, 6.07) is 7.48. The van der Waals surface area contributed by atoms with Crippen LogP contribution in [0.4, 0.5) is 0 Å². The minimum absolute atomic E-state index is 0.107. The molecule has 0 atom stereocenters. The summed E-state index contributed by atoms with van der Waals surface area (Å²) in [5.74, 6) is -0.882. The standard InChI is InChI=1S/C19H27NO5/c21-18(22)8-2-1-5-11-20-19(23)17-7-4-3-6-15(17)14-25-16-9-12-24-13-10-16/h3-4,6-7,16H,1-2,5,8-14H2,(H,20,23)(H,21,22). The van der Waals surface area contributed by atoms with Gasteiger partial charge in [0.1, 0.15) is 0 Å². The van der Waals surface area contributed by atoms with Crippen LogP contribution in [0.3, 0.4) is 0 Å². The molecule has 0 radical (unpaired) electrons. The molecule has 2 rings (SSSR count). The Kier molecular flexibility index (Phi) is 8.42. The molecule has 1 aromatic carbocycles. The summed E-state index contributed by atoms with van der Waals surface area (Å²) in [6.07, 6.45) is 4.37. The van der Waals surface area contributed by atoms with Gasteiger partial charge in [-0.25, -0.2) is 0 Å². The number of benzene rings is 1. The molecule has 25 heavy (non-hydrogen) atoms. The van der Waals surface area contributed by atoms with Gasteiger partial charge in [0.25, 0.3) is 5.91 Å². The van der Waals surface area contributed by atoms with Crippen molar-refractivity contribution < 1.29 is 24.2 Å². The molecule has 6 nitrogen and oxygen atoms in total. The molecule has 1 amide bonds. The molecule has 1 aliphatic rings. The van der Waals surface area contributed by atoms with Crippen molar-refractivity contribution in [3.63, 3.8) is 0 Å². The number of hydrogen-bond acceptors (Lipinski definition) is 4. The number of carbonyl (C=O) groups excluding carboxylic acids is 1. The lowest BCUT2D eigenvalue weighted by atomic mass is 10.1. The summed E-state index contributed by atoms with van der Waals surface area (Å²) in [6.45, 7) is 2.43. The highest BCUT2D eigenvalue weighted by molar-refractivity contribution is 5.95. The zero-order valence-corrected chi connectivity index (χ0v) is 14.5. The average molecular weight is 349 g/mol. The molecule has 0 aromatic heterocycles. The summed E-state index contributed by atoms with van der Waals surface area (Å²) < 4.78 is 11.2. The monoisotopic (exact) mass is 349 g/mol. The lowest BCUT2D eigenvalue weighted by molar-refractivity contribution is -0.137. The van der Waals surface area contributed by atoms with E-state index >= 15 is 0 Å². The summed E-state index contributed by atoms with van der Waals surface area (Å²) in [5.41, 5.74) is 1.53. The van der Waals surface area contributed by atoms with E-state index in [-0.39, 0.29) is 18.4 Å². The van der Waals surface area contributed by atoms with Crippen LogP contribution >= 0.6 is 0 Å². The van der Waals surface area contributed by atoms with E-state index in [2.05, 4.69) is 5.32 Å². The molecule has 1 aliphatic heterocycles. The Morgan fingerprint density at radius 2 is 1.92 bits per heavy atom. The van der Waals surface area contributed by atoms with Crippen LogP contribution in [-0.2, 0) is 20.9 Å². The first-order valence-corrected chi connectivity index (χ1v) is 8.94. The van der Waals surface area contributed by atoms with Gasteiger partial charge < -0.3 is 19.9 Å². The van der Waals surface area contributed by atoms with Gasteiger partial charge in [0.05, 0.1) is 12.7 Å². The smallest absolute Gasteiger partial charge is 0.303 e. The van der Waals surface area contributed by atoms with Gasteiger partial charge in [0, 0.05) is 31.7 Å². The highest BCUT2D eigenvalue weighted by atomic mass is 16.5. The van der Waals surface area contributed by atoms with Crippen LogP contribution in [0.25, 0.3) is 0 Å². The van der Waals surface area contributed by atoms with Crippen molar-refractivity contribution >= 4 is 11.9 Å². The van der Waals surface area contributed by atoms with Crippen LogP contribution < -0.4 is 5.32 Å². The predicted molar refractivity (Wildman–Crippen MR) is 93.5 cm³/mol. The molecular weight excluding hydrogens is 322 g/mol. The van der Waals surface area contributed by atoms with E-state index in [0.717, 1.165) is 44.5 Å². The summed E-state index contributed by atoms with van der Waals surface area (Å²) in [5, 5.41) is 11.5. The number of rotatable bonds is 10. The first-order valence-electron chi connectivity index (χ1n) is 8.94. The van der Waals surface area contributed by atoms with Gasteiger partial charge in [-0.1, -0.05) is 24.6 Å². The maximum absolute atomic E-state index is 12.4. The molecule has 0 unspecified atom stereocenters. The van der Waals surface area contributed by atoms with Gasteiger partial charge in [0.15, 0.2) is 0 Å². The molecule has 6 heteroatoms. The Bertz CT molecular complexity index is 555. The first kappa shape index (κ1) is 19.4. The fraction of sp³-hybridized carbons (Fsp3) is 0.579. The van der Waals surface area contributed by atoms with Crippen LogP contribution in [0.2, 0.25) is 0 Å². The summed E-state index contributed by atoms with van der Waals surface area (Å²) in [4.78, 5) is 22.8. The van der Waals surface area contributed by atoms with E-state index in [1.807, 2.05) is 24.3 Å². The number of carboxylic acids is 1. The summed E-state index contributed by atoms with van der Waals surface area (Å²) >= 11 is 0. The van der Waals surface area contributed by atoms with Crippen molar-refractivity contribution in [2.75, 3.05) is 19.8 Å².